The van der Waals surface area contributed by atoms with Crippen molar-refractivity contribution in [2.75, 3.05) is 18.5 Å². The van der Waals surface area contributed by atoms with E-state index in [1.54, 1.807) is 0 Å². The molecule has 0 heterocycles. The largest absolute Gasteiger partial charge is 0.411 e. The number of rotatable bonds is 7. The van der Waals surface area contributed by atoms with Gasteiger partial charge in [-0.25, -0.2) is 0 Å². The van der Waals surface area contributed by atoms with Crippen LogP contribution in [0.25, 0.3) is 0 Å². The van der Waals surface area contributed by atoms with E-state index in [0.717, 1.165) is 6.42 Å². The van der Waals surface area contributed by atoms with E-state index in [2.05, 4.69) is 10.1 Å². The summed E-state index contributed by atoms with van der Waals surface area (Å²) >= 11 is 0. The number of non-ortho nitro benzene ring substituents is 1. The summed E-state index contributed by atoms with van der Waals surface area (Å²) in [6.45, 7) is 0.818. The zero-order valence-corrected chi connectivity index (χ0v) is 10.9. The molecule has 0 fully saturated rings. The molecule has 8 heteroatoms. The van der Waals surface area contributed by atoms with Gasteiger partial charge in [-0.15, -0.1) is 0 Å². The molecule has 0 unspecified atom stereocenters. The normalized spacial score (nSPS) is 11.4. The van der Waals surface area contributed by atoms with Crippen molar-refractivity contribution in [3.05, 3.63) is 33.9 Å². The number of nitrogens with zero attached hydrogens (tertiary/aromatic N) is 1. The molecule has 0 spiro atoms. The van der Waals surface area contributed by atoms with Crippen molar-refractivity contribution in [3.8, 4) is 0 Å². The number of ether oxygens (including phenoxy) is 1. The Bertz CT molecular complexity index is 464. The molecular formula is C12H15F3N2O3. The van der Waals surface area contributed by atoms with Crippen molar-refractivity contribution in [2.45, 2.75) is 26.1 Å². The zero-order valence-electron chi connectivity index (χ0n) is 10.9. The second-order valence-corrected chi connectivity index (χ2v) is 4.13. The highest BCUT2D eigenvalue weighted by molar-refractivity contribution is 5.55. The standard InChI is InChI=1S/C12H15F3N2O3/c1-2-5-16-11-4-3-10(17(18)19)6-9(11)7-20-8-12(13,14)15/h3-4,6,16H,2,5,7-8H2,1H3. The first kappa shape index (κ1) is 16.2. The van der Waals surface area contributed by atoms with Crippen LogP contribution in [-0.2, 0) is 11.3 Å². The molecule has 0 amide bonds. The van der Waals surface area contributed by atoms with Gasteiger partial charge in [0.1, 0.15) is 6.61 Å². The van der Waals surface area contributed by atoms with Crippen LogP contribution < -0.4 is 5.32 Å². The molecule has 0 aliphatic heterocycles. The third kappa shape index (κ3) is 5.43. The third-order valence-electron chi connectivity index (χ3n) is 2.39. The molecule has 0 radical (unpaired) electrons. The summed E-state index contributed by atoms with van der Waals surface area (Å²) in [5.41, 5.74) is 0.689. The van der Waals surface area contributed by atoms with Gasteiger partial charge in [-0.2, -0.15) is 13.2 Å². The van der Waals surface area contributed by atoms with Gasteiger partial charge in [-0.3, -0.25) is 10.1 Å². The molecule has 0 saturated carbocycles. The molecule has 1 N–H and O–H groups in total. The fraction of sp³-hybridized carbons (Fsp3) is 0.500. The predicted octanol–water partition coefficient (Wildman–Crippen LogP) is 3.50. The van der Waals surface area contributed by atoms with E-state index < -0.39 is 17.7 Å². The maximum atomic E-state index is 12.0. The Morgan fingerprint density at radius 1 is 1.40 bits per heavy atom. The number of nitrogens with one attached hydrogen (secondary N) is 1. The van der Waals surface area contributed by atoms with Gasteiger partial charge in [0.15, 0.2) is 0 Å². The quantitative estimate of drug-likeness (QED) is 0.617. The Morgan fingerprint density at radius 3 is 2.65 bits per heavy atom. The number of hydrogen-bond acceptors (Lipinski definition) is 4. The highest BCUT2D eigenvalue weighted by atomic mass is 19.4. The van der Waals surface area contributed by atoms with Gasteiger partial charge in [0.2, 0.25) is 0 Å². The van der Waals surface area contributed by atoms with Crippen LogP contribution in [0, 0.1) is 10.1 Å². The molecular weight excluding hydrogens is 277 g/mol. The monoisotopic (exact) mass is 292 g/mol. The Balaban J connectivity index is 2.81. The summed E-state index contributed by atoms with van der Waals surface area (Å²) in [5, 5.41) is 13.7. The summed E-state index contributed by atoms with van der Waals surface area (Å²) in [7, 11) is 0. The SMILES string of the molecule is CCCNc1ccc([N+](=O)[O-])cc1COCC(F)(F)F. The average molecular weight is 292 g/mol. The molecule has 0 aliphatic carbocycles. The minimum absolute atomic E-state index is 0.183. The molecule has 1 rings (SSSR count). The van der Waals surface area contributed by atoms with Crippen LogP contribution in [0.4, 0.5) is 24.5 Å². The van der Waals surface area contributed by atoms with E-state index in [1.807, 2.05) is 6.92 Å². The number of benzene rings is 1. The van der Waals surface area contributed by atoms with Gasteiger partial charge >= 0.3 is 6.18 Å². The maximum Gasteiger partial charge on any atom is 0.411 e. The maximum absolute atomic E-state index is 12.0. The summed E-state index contributed by atoms with van der Waals surface area (Å²) in [6, 6.07) is 3.99. The third-order valence-corrected chi connectivity index (χ3v) is 2.39. The molecule has 0 atom stereocenters. The Labute approximate surface area is 113 Å². The van der Waals surface area contributed by atoms with Gasteiger partial charge in [-0.05, 0) is 12.5 Å². The van der Waals surface area contributed by atoms with E-state index in [9.17, 15) is 23.3 Å². The van der Waals surface area contributed by atoms with E-state index >= 15 is 0 Å². The van der Waals surface area contributed by atoms with E-state index in [0.29, 0.717) is 17.8 Å². The fourth-order valence-corrected chi connectivity index (χ4v) is 1.52. The Kier molecular flexibility index (Phi) is 5.75. The number of nitro groups is 1. The van der Waals surface area contributed by atoms with E-state index in [1.165, 1.54) is 18.2 Å². The van der Waals surface area contributed by atoms with Gasteiger partial charge in [0.25, 0.3) is 5.69 Å². The summed E-state index contributed by atoms with van der Waals surface area (Å²) in [4.78, 5) is 10.1. The molecule has 1 aromatic rings. The zero-order chi connectivity index (χ0) is 15.2. The summed E-state index contributed by atoms with van der Waals surface area (Å²) < 4.78 is 40.6. The second kappa shape index (κ2) is 7.09. The van der Waals surface area contributed by atoms with Crippen LogP contribution in [0.3, 0.4) is 0 Å². The van der Waals surface area contributed by atoms with Gasteiger partial charge < -0.3 is 10.1 Å². The number of hydrogen-bond donors (Lipinski definition) is 1. The molecule has 5 nitrogen and oxygen atoms in total. The van der Waals surface area contributed by atoms with Crippen LogP contribution in [0.2, 0.25) is 0 Å². The molecule has 1 aromatic carbocycles. The lowest BCUT2D eigenvalue weighted by atomic mass is 10.1. The van der Waals surface area contributed by atoms with Gasteiger partial charge in [0, 0.05) is 29.9 Å². The van der Waals surface area contributed by atoms with E-state index in [-0.39, 0.29) is 12.3 Å². The minimum atomic E-state index is -4.42. The lowest BCUT2D eigenvalue weighted by molar-refractivity contribution is -0.384. The molecule has 0 aliphatic rings. The van der Waals surface area contributed by atoms with Crippen molar-refractivity contribution in [1.82, 2.24) is 0 Å². The highest BCUT2D eigenvalue weighted by Gasteiger charge is 2.27. The van der Waals surface area contributed by atoms with Crippen molar-refractivity contribution in [3.63, 3.8) is 0 Å². The molecule has 112 valence electrons. The van der Waals surface area contributed by atoms with Crippen molar-refractivity contribution in [1.29, 1.82) is 0 Å². The van der Waals surface area contributed by atoms with Crippen LogP contribution in [0.5, 0.6) is 0 Å². The predicted molar refractivity (Wildman–Crippen MR) is 67.6 cm³/mol. The fourth-order valence-electron chi connectivity index (χ4n) is 1.52. The summed E-state index contributed by atoms with van der Waals surface area (Å²) in [6.07, 6.45) is -3.60. The molecule has 20 heavy (non-hydrogen) atoms. The number of alkyl halides is 3. The van der Waals surface area contributed by atoms with E-state index in [4.69, 9.17) is 0 Å². The average Bonchev–Trinajstić information content (AvgIpc) is 2.35. The van der Waals surface area contributed by atoms with Crippen LogP contribution in [-0.4, -0.2) is 24.3 Å². The first-order chi connectivity index (χ1) is 9.33. The topological polar surface area (TPSA) is 64.4 Å². The van der Waals surface area contributed by atoms with Crippen LogP contribution >= 0.6 is 0 Å². The number of anilines is 1. The van der Waals surface area contributed by atoms with Crippen molar-refractivity contribution >= 4 is 11.4 Å². The molecule has 0 bridgehead atoms. The first-order valence-corrected chi connectivity index (χ1v) is 5.99. The lowest BCUT2D eigenvalue weighted by Gasteiger charge is -2.12. The van der Waals surface area contributed by atoms with Gasteiger partial charge in [0.05, 0.1) is 11.5 Å². The smallest absolute Gasteiger partial charge is 0.385 e. The van der Waals surface area contributed by atoms with Gasteiger partial charge in [-0.1, -0.05) is 6.92 Å². The summed E-state index contributed by atoms with van der Waals surface area (Å²) in [5.74, 6) is 0. The van der Waals surface area contributed by atoms with Crippen molar-refractivity contribution < 1.29 is 22.8 Å². The highest BCUT2D eigenvalue weighted by Crippen LogP contribution is 2.24. The lowest BCUT2D eigenvalue weighted by Crippen LogP contribution is -2.17. The number of halogens is 3. The molecule has 0 saturated heterocycles. The van der Waals surface area contributed by atoms with Crippen LogP contribution in [0.15, 0.2) is 18.2 Å². The number of nitro benzene ring substituents is 1. The minimum Gasteiger partial charge on any atom is -0.385 e. The Morgan fingerprint density at radius 2 is 2.10 bits per heavy atom. The Hall–Kier alpha value is -1.83. The second-order valence-electron chi connectivity index (χ2n) is 4.13. The van der Waals surface area contributed by atoms with Crippen LogP contribution in [0.1, 0.15) is 18.9 Å². The van der Waals surface area contributed by atoms with Crippen molar-refractivity contribution in [2.24, 2.45) is 0 Å². The first-order valence-electron chi connectivity index (χ1n) is 5.99. The molecule has 0 aromatic heterocycles.